The molecule has 1 aliphatic carbocycles. The number of piperidine rings is 1. The van der Waals surface area contributed by atoms with Crippen LogP contribution in [0.1, 0.15) is 32.1 Å². The highest BCUT2D eigenvalue weighted by atomic mass is 16.5. The van der Waals surface area contributed by atoms with Crippen molar-refractivity contribution in [2.45, 2.75) is 32.1 Å². The molecule has 3 nitrogen and oxygen atoms in total. The molecule has 1 heterocycles. The van der Waals surface area contributed by atoms with Gasteiger partial charge in [0.2, 0.25) is 5.91 Å². The number of amides is 1. The Kier molecular flexibility index (Phi) is 3.62. The Labute approximate surface area is 91.8 Å². The summed E-state index contributed by atoms with van der Waals surface area (Å²) in [6, 6.07) is 0. The van der Waals surface area contributed by atoms with Gasteiger partial charge in [-0.1, -0.05) is 6.42 Å². The van der Waals surface area contributed by atoms with Gasteiger partial charge in [-0.15, -0.1) is 0 Å². The SMILES string of the molecule is COCC1CCCN(C(=O)C2CCC2)C1. The molecule has 15 heavy (non-hydrogen) atoms. The summed E-state index contributed by atoms with van der Waals surface area (Å²) in [5, 5.41) is 0. The number of carbonyl (C=O) groups is 1. The quantitative estimate of drug-likeness (QED) is 0.710. The molecule has 1 aliphatic heterocycles. The zero-order chi connectivity index (χ0) is 10.7. The molecule has 0 spiro atoms. The first-order valence-corrected chi connectivity index (χ1v) is 6.09. The summed E-state index contributed by atoms with van der Waals surface area (Å²) in [5.74, 6) is 1.32. The normalized spacial score (nSPS) is 27.5. The lowest BCUT2D eigenvalue weighted by Gasteiger charge is -2.37. The highest BCUT2D eigenvalue weighted by Gasteiger charge is 2.31. The second-order valence-corrected chi connectivity index (χ2v) is 4.88. The minimum Gasteiger partial charge on any atom is -0.384 e. The van der Waals surface area contributed by atoms with E-state index in [1.165, 1.54) is 12.8 Å². The number of nitrogens with zero attached hydrogens (tertiary/aromatic N) is 1. The van der Waals surface area contributed by atoms with Crippen molar-refractivity contribution < 1.29 is 9.53 Å². The minimum atomic E-state index is 0.353. The van der Waals surface area contributed by atoms with Gasteiger partial charge in [0, 0.05) is 26.1 Å². The van der Waals surface area contributed by atoms with Crippen molar-refractivity contribution >= 4 is 5.91 Å². The second kappa shape index (κ2) is 4.97. The van der Waals surface area contributed by atoms with Gasteiger partial charge in [-0.25, -0.2) is 0 Å². The average molecular weight is 211 g/mol. The maximum atomic E-state index is 12.0. The molecule has 1 atom stereocenters. The molecule has 0 bridgehead atoms. The predicted octanol–water partition coefficient (Wildman–Crippen LogP) is 1.67. The van der Waals surface area contributed by atoms with Crippen LogP contribution in [0, 0.1) is 11.8 Å². The van der Waals surface area contributed by atoms with E-state index in [2.05, 4.69) is 4.90 Å². The minimum absolute atomic E-state index is 0.353. The number of ether oxygens (including phenoxy) is 1. The van der Waals surface area contributed by atoms with Gasteiger partial charge < -0.3 is 9.64 Å². The van der Waals surface area contributed by atoms with Crippen molar-refractivity contribution in [2.24, 2.45) is 11.8 Å². The van der Waals surface area contributed by atoms with Crippen molar-refractivity contribution in [1.29, 1.82) is 0 Å². The van der Waals surface area contributed by atoms with Gasteiger partial charge in [-0.05, 0) is 31.6 Å². The number of methoxy groups -OCH3 is 1. The molecule has 1 unspecified atom stereocenters. The van der Waals surface area contributed by atoms with E-state index in [0.717, 1.165) is 39.0 Å². The molecule has 86 valence electrons. The van der Waals surface area contributed by atoms with E-state index in [-0.39, 0.29) is 0 Å². The molecule has 2 rings (SSSR count). The lowest BCUT2D eigenvalue weighted by molar-refractivity contribution is -0.140. The van der Waals surface area contributed by atoms with E-state index >= 15 is 0 Å². The summed E-state index contributed by atoms with van der Waals surface area (Å²) in [5.41, 5.74) is 0. The van der Waals surface area contributed by atoms with E-state index < -0.39 is 0 Å². The van der Waals surface area contributed by atoms with Crippen LogP contribution in [-0.2, 0) is 9.53 Å². The van der Waals surface area contributed by atoms with Gasteiger partial charge in [-0.2, -0.15) is 0 Å². The second-order valence-electron chi connectivity index (χ2n) is 4.88. The van der Waals surface area contributed by atoms with Crippen LogP contribution in [0.4, 0.5) is 0 Å². The summed E-state index contributed by atoms with van der Waals surface area (Å²) in [6.07, 6.45) is 5.83. The number of hydrogen-bond acceptors (Lipinski definition) is 2. The van der Waals surface area contributed by atoms with Crippen LogP contribution < -0.4 is 0 Å². The Morgan fingerprint density at radius 3 is 2.73 bits per heavy atom. The van der Waals surface area contributed by atoms with E-state index in [4.69, 9.17) is 4.74 Å². The van der Waals surface area contributed by atoms with E-state index in [1.54, 1.807) is 7.11 Å². The Balaban J connectivity index is 1.83. The molecular formula is C12H21NO2. The summed E-state index contributed by atoms with van der Waals surface area (Å²) >= 11 is 0. The number of likely N-dealkylation sites (tertiary alicyclic amines) is 1. The Bertz CT molecular complexity index is 224. The van der Waals surface area contributed by atoms with Gasteiger partial charge >= 0.3 is 0 Å². The Hall–Kier alpha value is -0.570. The first-order valence-electron chi connectivity index (χ1n) is 6.09. The van der Waals surface area contributed by atoms with Crippen LogP contribution in [0.15, 0.2) is 0 Å². The van der Waals surface area contributed by atoms with Gasteiger partial charge in [0.15, 0.2) is 0 Å². The number of hydrogen-bond donors (Lipinski definition) is 0. The number of rotatable bonds is 3. The molecule has 2 fully saturated rings. The van der Waals surface area contributed by atoms with Crippen molar-refractivity contribution in [2.75, 3.05) is 26.8 Å². The maximum absolute atomic E-state index is 12.0. The van der Waals surface area contributed by atoms with Gasteiger partial charge in [0.1, 0.15) is 0 Å². The van der Waals surface area contributed by atoms with Gasteiger partial charge in [0.25, 0.3) is 0 Å². The lowest BCUT2D eigenvalue weighted by atomic mass is 9.83. The summed E-state index contributed by atoms with van der Waals surface area (Å²) in [6.45, 7) is 2.69. The zero-order valence-electron chi connectivity index (χ0n) is 9.58. The molecule has 1 saturated heterocycles. The van der Waals surface area contributed by atoms with Crippen molar-refractivity contribution in [3.63, 3.8) is 0 Å². The number of carbonyl (C=O) groups excluding carboxylic acids is 1. The zero-order valence-corrected chi connectivity index (χ0v) is 9.58. The average Bonchev–Trinajstić information content (AvgIpc) is 2.16. The van der Waals surface area contributed by atoms with Crippen LogP contribution >= 0.6 is 0 Å². The fourth-order valence-corrected chi connectivity index (χ4v) is 2.55. The molecule has 0 aromatic carbocycles. The largest absolute Gasteiger partial charge is 0.384 e. The van der Waals surface area contributed by atoms with E-state index in [9.17, 15) is 4.79 Å². The molecular weight excluding hydrogens is 190 g/mol. The smallest absolute Gasteiger partial charge is 0.225 e. The van der Waals surface area contributed by atoms with Crippen LogP contribution in [0.3, 0.4) is 0 Å². The summed E-state index contributed by atoms with van der Waals surface area (Å²) < 4.78 is 5.17. The molecule has 1 saturated carbocycles. The molecule has 0 radical (unpaired) electrons. The van der Waals surface area contributed by atoms with Gasteiger partial charge in [-0.3, -0.25) is 4.79 Å². The van der Waals surface area contributed by atoms with Crippen molar-refractivity contribution in [3.8, 4) is 0 Å². The monoisotopic (exact) mass is 211 g/mol. The third-order valence-electron chi connectivity index (χ3n) is 3.69. The molecule has 1 amide bonds. The fraction of sp³-hybridized carbons (Fsp3) is 0.917. The van der Waals surface area contributed by atoms with Crippen LogP contribution in [0.25, 0.3) is 0 Å². The molecule has 2 aliphatic rings. The third kappa shape index (κ3) is 2.51. The standard InChI is InChI=1S/C12H21NO2/c1-15-9-10-4-3-7-13(8-10)12(14)11-5-2-6-11/h10-11H,2-9H2,1H3. The lowest BCUT2D eigenvalue weighted by Crippen LogP contribution is -2.45. The van der Waals surface area contributed by atoms with Crippen LogP contribution in [-0.4, -0.2) is 37.6 Å². The highest BCUT2D eigenvalue weighted by Crippen LogP contribution is 2.29. The van der Waals surface area contributed by atoms with E-state index in [0.29, 0.717) is 17.7 Å². The Morgan fingerprint density at radius 2 is 2.13 bits per heavy atom. The van der Waals surface area contributed by atoms with Crippen molar-refractivity contribution in [1.82, 2.24) is 4.90 Å². The first kappa shape index (κ1) is 10.9. The van der Waals surface area contributed by atoms with Crippen molar-refractivity contribution in [3.05, 3.63) is 0 Å². The predicted molar refractivity (Wildman–Crippen MR) is 58.5 cm³/mol. The molecule has 0 aromatic heterocycles. The summed E-state index contributed by atoms with van der Waals surface area (Å²) in [7, 11) is 1.74. The van der Waals surface area contributed by atoms with Gasteiger partial charge in [0.05, 0.1) is 6.61 Å². The molecule has 0 N–H and O–H groups in total. The molecule has 0 aromatic rings. The maximum Gasteiger partial charge on any atom is 0.225 e. The summed E-state index contributed by atoms with van der Waals surface area (Å²) in [4.78, 5) is 14.1. The van der Waals surface area contributed by atoms with E-state index in [1.807, 2.05) is 0 Å². The third-order valence-corrected chi connectivity index (χ3v) is 3.69. The molecule has 3 heteroatoms. The van der Waals surface area contributed by atoms with Crippen LogP contribution in [0.2, 0.25) is 0 Å². The van der Waals surface area contributed by atoms with Crippen LogP contribution in [0.5, 0.6) is 0 Å². The first-order chi connectivity index (χ1) is 7.31. The topological polar surface area (TPSA) is 29.5 Å². The Morgan fingerprint density at radius 1 is 1.33 bits per heavy atom. The fourth-order valence-electron chi connectivity index (χ4n) is 2.55. The highest BCUT2D eigenvalue weighted by molar-refractivity contribution is 5.79.